The van der Waals surface area contributed by atoms with Gasteiger partial charge >= 0.3 is 24.7 Å². The second kappa shape index (κ2) is 13.0. The van der Waals surface area contributed by atoms with Crippen LogP contribution in [0.3, 0.4) is 0 Å². The number of Topliss-reactive ketones (excluding diaryl/α,β-unsaturated/α-hetero) is 2. The summed E-state index contributed by atoms with van der Waals surface area (Å²) in [5.74, 6) is -4.37. The van der Waals surface area contributed by atoms with Crippen molar-refractivity contribution in [1.82, 2.24) is 0 Å². The van der Waals surface area contributed by atoms with Gasteiger partial charge in [0.15, 0.2) is 0 Å². The van der Waals surface area contributed by atoms with Crippen LogP contribution in [0.25, 0.3) is 11.1 Å². The normalized spacial score (nSPS) is 27.1. The minimum absolute atomic E-state index is 0.0712. The molecule has 6 rings (SSSR count). The van der Waals surface area contributed by atoms with E-state index < -0.39 is 146 Å². The summed E-state index contributed by atoms with van der Waals surface area (Å²) in [6.07, 6.45) is -23.4. The molecule has 2 N–H and O–H groups in total. The van der Waals surface area contributed by atoms with Crippen LogP contribution >= 0.6 is 0 Å². The molecule has 4 atom stereocenters. The standard InChI is InChI=1S/C36H36F12N2O6S2/c1-29(2)17-5-7-31(29,25(51)13-17)15-57(53,54)49-23-11-19(33(37,38)39)9-21(35(43,44)45)27(23)28-22(36(46,47)48)10-20(34(40,41)42)12-24(28)50-58(55,56)16-32-8-6-18(14-26(32)52)30(32,3)4/h9-12,17-18,49-50H,5-8,13-16H2,1-4H3/t17-,18-,31-,32-/m1/s1. The lowest BCUT2D eigenvalue weighted by molar-refractivity contribution is -0.145. The Balaban J connectivity index is 1.64. The highest BCUT2D eigenvalue weighted by molar-refractivity contribution is 7.93. The maximum atomic E-state index is 15.0. The summed E-state index contributed by atoms with van der Waals surface area (Å²) in [6, 6.07) is -1.98. The van der Waals surface area contributed by atoms with Crippen molar-refractivity contribution in [3.05, 3.63) is 46.5 Å². The van der Waals surface area contributed by atoms with Crippen molar-refractivity contribution >= 4 is 43.0 Å². The monoisotopic (exact) mass is 884 g/mol. The van der Waals surface area contributed by atoms with Gasteiger partial charge in [-0.1, -0.05) is 27.7 Å². The van der Waals surface area contributed by atoms with Gasteiger partial charge in [-0.05, 0) is 72.6 Å². The van der Waals surface area contributed by atoms with Crippen LogP contribution in [0.5, 0.6) is 0 Å². The molecular weight excluding hydrogens is 849 g/mol. The first-order chi connectivity index (χ1) is 26.0. The van der Waals surface area contributed by atoms with Crippen molar-refractivity contribution in [3.63, 3.8) is 0 Å². The van der Waals surface area contributed by atoms with E-state index in [9.17, 15) is 79.1 Å². The molecule has 2 aromatic carbocycles. The number of halogens is 12. The average molecular weight is 885 g/mol. The molecule has 2 aromatic rings. The summed E-state index contributed by atoms with van der Waals surface area (Å²) in [5, 5.41) is 0. The second-order valence-corrected chi connectivity index (χ2v) is 20.4. The molecule has 22 heteroatoms. The molecular formula is C36H36F12N2O6S2. The van der Waals surface area contributed by atoms with Gasteiger partial charge in [0.1, 0.15) is 11.6 Å². The number of alkyl halides is 12. The Bertz CT molecular complexity index is 2150. The third-order valence-corrected chi connectivity index (χ3v) is 16.3. The van der Waals surface area contributed by atoms with Gasteiger partial charge in [0.05, 0.1) is 56.0 Å². The van der Waals surface area contributed by atoms with Crippen LogP contribution in [-0.4, -0.2) is 39.9 Å². The highest BCUT2D eigenvalue weighted by Crippen LogP contribution is 2.66. The van der Waals surface area contributed by atoms with E-state index >= 15 is 0 Å². The molecule has 0 aliphatic heterocycles. The Labute approximate surface area is 324 Å². The lowest BCUT2D eigenvalue weighted by atomic mass is 9.70. The van der Waals surface area contributed by atoms with E-state index in [1.54, 1.807) is 0 Å². The average Bonchev–Trinajstić information content (AvgIpc) is 3.55. The van der Waals surface area contributed by atoms with Crippen molar-refractivity contribution in [2.24, 2.45) is 33.5 Å². The maximum absolute atomic E-state index is 15.0. The molecule has 4 aliphatic carbocycles. The number of ketones is 2. The van der Waals surface area contributed by atoms with Crippen molar-refractivity contribution in [2.75, 3.05) is 20.9 Å². The molecule has 0 aromatic heterocycles. The molecule has 0 spiro atoms. The van der Waals surface area contributed by atoms with Crippen LogP contribution in [0.1, 0.15) is 88.5 Å². The van der Waals surface area contributed by atoms with Crippen LogP contribution in [0, 0.1) is 33.5 Å². The third kappa shape index (κ3) is 7.04. The summed E-state index contributed by atoms with van der Waals surface area (Å²) < 4.78 is 233. The Morgan fingerprint density at radius 2 is 0.862 bits per heavy atom. The number of rotatable bonds is 9. The first kappa shape index (κ1) is 44.0. The van der Waals surface area contributed by atoms with Gasteiger partial charge in [-0.15, -0.1) is 0 Å². The van der Waals surface area contributed by atoms with E-state index in [0.717, 1.165) is 0 Å². The number of hydrogen-bond acceptors (Lipinski definition) is 6. The molecule has 4 aliphatic rings. The van der Waals surface area contributed by atoms with E-state index in [0.29, 0.717) is 12.8 Å². The predicted octanol–water partition coefficient (Wildman–Crippen LogP) is 9.70. The highest BCUT2D eigenvalue weighted by Gasteiger charge is 2.66. The van der Waals surface area contributed by atoms with Crippen molar-refractivity contribution in [2.45, 2.75) is 90.9 Å². The third-order valence-electron chi connectivity index (χ3n) is 13.5. The van der Waals surface area contributed by atoms with Gasteiger partial charge in [-0.25, -0.2) is 16.8 Å². The molecule has 0 radical (unpaired) electrons. The molecule has 0 amide bonds. The molecule has 4 fully saturated rings. The lowest BCUT2D eigenvalue weighted by Crippen LogP contribution is -2.43. The fourth-order valence-corrected chi connectivity index (χ4v) is 13.8. The Kier molecular flexibility index (Phi) is 9.84. The highest BCUT2D eigenvalue weighted by atomic mass is 32.2. The zero-order valence-electron chi connectivity index (χ0n) is 30.9. The van der Waals surface area contributed by atoms with E-state index in [-0.39, 0.29) is 49.7 Å². The number of carbonyl (C=O) groups is 2. The SMILES string of the molecule is CC1(C)[C@@H]2CC[C@@]1(CS(=O)(=O)Nc1cc(C(F)(F)F)cc(C(F)(F)F)c1-c1c(NS(=O)(=O)C[C@]34CC[C@H](CC3=O)C4(C)C)cc(C(F)(F)F)cc1C(F)(F)F)C(=O)C2. The molecule has 4 bridgehead atoms. The largest absolute Gasteiger partial charge is 0.417 e. The summed E-state index contributed by atoms with van der Waals surface area (Å²) in [7, 11) is -10.7. The van der Waals surface area contributed by atoms with E-state index in [4.69, 9.17) is 0 Å². The smallest absolute Gasteiger partial charge is 0.299 e. The summed E-state index contributed by atoms with van der Waals surface area (Å²) in [6.45, 7) is 6.13. The number of sulfonamides is 2. The van der Waals surface area contributed by atoms with Crippen molar-refractivity contribution in [3.8, 4) is 11.1 Å². The van der Waals surface area contributed by atoms with E-state index in [2.05, 4.69) is 0 Å². The minimum Gasteiger partial charge on any atom is -0.299 e. The Morgan fingerprint density at radius 3 is 1.09 bits per heavy atom. The van der Waals surface area contributed by atoms with Gasteiger partial charge in [0.2, 0.25) is 20.0 Å². The van der Waals surface area contributed by atoms with Gasteiger partial charge in [-0.2, -0.15) is 52.7 Å². The van der Waals surface area contributed by atoms with Crippen LogP contribution in [0.15, 0.2) is 24.3 Å². The maximum Gasteiger partial charge on any atom is 0.417 e. The lowest BCUT2D eigenvalue weighted by Gasteiger charge is -2.36. The Morgan fingerprint density at radius 1 is 0.552 bits per heavy atom. The van der Waals surface area contributed by atoms with Gasteiger partial charge < -0.3 is 0 Å². The summed E-state index contributed by atoms with van der Waals surface area (Å²) in [4.78, 5) is 26.3. The van der Waals surface area contributed by atoms with Gasteiger partial charge in [0, 0.05) is 24.0 Å². The number of carbonyl (C=O) groups excluding carboxylic acids is 2. The van der Waals surface area contributed by atoms with E-state index in [1.165, 1.54) is 37.1 Å². The van der Waals surface area contributed by atoms with Crippen LogP contribution < -0.4 is 9.44 Å². The first-order valence-corrected chi connectivity index (χ1v) is 21.0. The molecule has 322 valence electrons. The van der Waals surface area contributed by atoms with E-state index in [1.807, 2.05) is 0 Å². The van der Waals surface area contributed by atoms with Crippen LogP contribution in [0.2, 0.25) is 0 Å². The zero-order valence-corrected chi connectivity index (χ0v) is 32.6. The molecule has 8 nitrogen and oxygen atoms in total. The predicted molar refractivity (Wildman–Crippen MR) is 184 cm³/mol. The number of hydrogen-bond donors (Lipinski definition) is 2. The Hall–Kier alpha value is -3.56. The van der Waals surface area contributed by atoms with Crippen molar-refractivity contribution in [1.29, 1.82) is 0 Å². The van der Waals surface area contributed by atoms with Crippen LogP contribution in [-0.2, 0) is 54.3 Å². The zero-order chi connectivity index (χ0) is 43.8. The summed E-state index contributed by atoms with van der Waals surface area (Å²) in [5.41, 5.74) is -23.3. The topological polar surface area (TPSA) is 126 Å². The van der Waals surface area contributed by atoms with Gasteiger partial charge in [-0.3, -0.25) is 19.0 Å². The molecule has 0 unspecified atom stereocenters. The molecule has 0 saturated heterocycles. The number of fused-ring (bicyclic) bond motifs is 4. The first-order valence-electron chi connectivity index (χ1n) is 17.7. The molecule has 0 heterocycles. The number of anilines is 2. The minimum atomic E-state index is -6.11. The molecule has 4 saturated carbocycles. The second-order valence-electron chi connectivity index (χ2n) is 16.9. The molecule has 58 heavy (non-hydrogen) atoms. The van der Waals surface area contributed by atoms with Crippen molar-refractivity contribution < 1.29 is 79.1 Å². The van der Waals surface area contributed by atoms with Gasteiger partial charge in [0.25, 0.3) is 0 Å². The quantitative estimate of drug-likeness (QED) is 0.242. The number of nitrogens with one attached hydrogen (secondary N) is 2. The number of benzene rings is 2. The van der Waals surface area contributed by atoms with Crippen LogP contribution in [0.4, 0.5) is 64.1 Å². The fraction of sp³-hybridized carbons (Fsp3) is 0.611. The summed E-state index contributed by atoms with van der Waals surface area (Å²) >= 11 is 0. The fourth-order valence-electron chi connectivity index (χ4n) is 10.0.